The second kappa shape index (κ2) is 2.77. The lowest BCUT2D eigenvalue weighted by atomic mass is 10.3. The molecule has 0 saturated heterocycles. The van der Waals surface area contributed by atoms with E-state index in [-0.39, 0.29) is 5.91 Å². The lowest BCUT2D eigenvalue weighted by Crippen LogP contribution is -2.37. The normalized spacial score (nSPS) is 17.9. The predicted octanol–water partition coefficient (Wildman–Crippen LogP) is -0.0936. The van der Waals surface area contributed by atoms with Crippen molar-refractivity contribution in [2.45, 2.75) is 18.4 Å². The van der Waals surface area contributed by atoms with Crippen LogP contribution in [0.4, 0.5) is 5.69 Å². The third-order valence-electron chi connectivity index (χ3n) is 2.06. The molecular formula is C8H10N4O. The van der Waals surface area contributed by atoms with Crippen LogP contribution >= 0.6 is 0 Å². The summed E-state index contributed by atoms with van der Waals surface area (Å²) in [4.78, 5) is 19.0. The van der Waals surface area contributed by atoms with Crippen molar-refractivity contribution in [1.82, 2.24) is 9.97 Å². The Morgan fingerprint density at radius 1 is 1.46 bits per heavy atom. The van der Waals surface area contributed by atoms with Crippen molar-refractivity contribution < 1.29 is 4.79 Å². The van der Waals surface area contributed by atoms with Crippen molar-refractivity contribution >= 4 is 11.6 Å². The van der Waals surface area contributed by atoms with Gasteiger partial charge < -0.3 is 11.1 Å². The molecule has 1 aliphatic rings. The third-order valence-corrected chi connectivity index (χ3v) is 2.06. The van der Waals surface area contributed by atoms with Crippen LogP contribution in [-0.4, -0.2) is 21.4 Å². The van der Waals surface area contributed by atoms with Crippen LogP contribution in [0, 0.1) is 0 Å². The van der Waals surface area contributed by atoms with Gasteiger partial charge in [-0.1, -0.05) is 0 Å². The van der Waals surface area contributed by atoms with Crippen LogP contribution in [0.2, 0.25) is 0 Å². The SMILES string of the molecule is NC1(C(=O)Nc2cncnc2)CC1. The van der Waals surface area contributed by atoms with Crippen molar-refractivity contribution in [1.29, 1.82) is 0 Å². The second-order valence-corrected chi connectivity index (χ2v) is 3.24. The molecule has 13 heavy (non-hydrogen) atoms. The number of hydrogen-bond acceptors (Lipinski definition) is 4. The Morgan fingerprint density at radius 2 is 2.08 bits per heavy atom. The zero-order valence-electron chi connectivity index (χ0n) is 7.03. The summed E-state index contributed by atoms with van der Waals surface area (Å²) in [6, 6.07) is 0. The van der Waals surface area contributed by atoms with Gasteiger partial charge in [0.2, 0.25) is 5.91 Å². The quantitative estimate of drug-likeness (QED) is 0.663. The van der Waals surface area contributed by atoms with Crippen LogP contribution in [-0.2, 0) is 4.79 Å². The standard InChI is InChI=1S/C8H10N4O/c9-8(1-2-8)7(13)12-6-3-10-5-11-4-6/h3-5H,1-2,9H2,(H,12,13). The van der Waals surface area contributed by atoms with E-state index in [2.05, 4.69) is 15.3 Å². The molecule has 2 rings (SSSR count). The van der Waals surface area contributed by atoms with Crippen molar-refractivity contribution in [3.8, 4) is 0 Å². The molecule has 1 aromatic heterocycles. The van der Waals surface area contributed by atoms with E-state index in [4.69, 9.17) is 5.73 Å². The molecule has 1 saturated carbocycles. The Bertz CT molecular complexity index is 320. The molecule has 68 valence electrons. The van der Waals surface area contributed by atoms with Gasteiger partial charge in [0.25, 0.3) is 0 Å². The monoisotopic (exact) mass is 178 g/mol. The highest BCUT2D eigenvalue weighted by Gasteiger charge is 2.45. The van der Waals surface area contributed by atoms with Crippen LogP contribution in [0.25, 0.3) is 0 Å². The van der Waals surface area contributed by atoms with E-state index in [1.807, 2.05) is 0 Å². The highest BCUT2D eigenvalue weighted by Crippen LogP contribution is 2.33. The maximum Gasteiger partial charge on any atom is 0.244 e. The van der Waals surface area contributed by atoms with Crippen molar-refractivity contribution in [3.05, 3.63) is 18.7 Å². The van der Waals surface area contributed by atoms with Gasteiger partial charge in [0.05, 0.1) is 23.6 Å². The lowest BCUT2D eigenvalue weighted by Gasteiger charge is -2.08. The van der Waals surface area contributed by atoms with Crippen molar-refractivity contribution in [2.24, 2.45) is 5.73 Å². The van der Waals surface area contributed by atoms with E-state index in [1.165, 1.54) is 18.7 Å². The third kappa shape index (κ3) is 1.65. The number of hydrogen-bond donors (Lipinski definition) is 2. The van der Waals surface area contributed by atoms with E-state index in [0.29, 0.717) is 5.69 Å². The maximum absolute atomic E-state index is 11.4. The topological polar surface area (TPSA) is 80.9 Å². The fraction of sp³-hybridized carbons (Fsp3) is 0.375. The Morgan fingerprint density at radius 3 is 2.62 bits per heavy atom. The molecule has 0 aromatic carbocycles. The van der Waals surface area contributed by atoms with E-state index in [9.17, 15) is 4.79 Å². The summed E-state index contributed by atoms with van der Waals surface area (Å²) < 4.78 is 0. The average molecular weight is 178 g/mol. The van der Waals surface area contributed by atoms with Crippen LogP contribution < -0.4 is 11.1 Å². The number of carbonyl (C=O) groups excluding carboxylic acids is 1. The largest absolute Gasteiger partial charge is 0.322 e. The number of anilines is 1. The molecule has 1 heterocycles. The van der Waals surface area contributed by atoms with Gasteiger partial charge in [-0.05, 0) is 12.8 Å². The van der Waals surface area contributed by atoms with Gasteiger partial charge in [0, 0.05) is 0 Å². The molecule has 0 aliphatic heterocycles. The Balaban J connectivity index is 2.03. The molecule has 0 spiro atoms. The number of amides is 1. The van der Waals surface area contributed by atoms with E-state index < -0.39 is 5.54 Å². The first-order valence-corrected chi connectivity index (χ1v) is 4.06. The molecule has 1 fully saturated rings. The van der Waals surface area contributed by atoms with Crippen LogP contribution in [0.5, 0.6) is 0 Å². The van der Waals surface area contributed by atoms with Gasteiger partial charge in [0.1, 0.15) is 6.33 Å². The number of nitrogens with zero attached hydrogens (tertiary/aromatic N) is 2. The number of nitrogens with two attached hydrogens (primary N) is 1. The van der Waals surface area contributed by atoms with Crippen molar-refractivity contribution in [3.63, 3.8) is 0 Å². The van der Waals surface area contributed by atoms with Gasteiger partial charge in [-0.25, -0.2) is 9.97 Å². The molecule has 0 unspecified atom stereocenters. The zero-order chi connectivity index (χ0) is 9.31. The summed E-state index contributed by atoms with van der Waals surface area (Å²) in [6.07, 6.45) is 6.00. The first-order valence-electron chi connectivity index (χ1n) is 4.06. The highest BCUT2D eigenvalue weighted by molar-refractivity contribution is 5.99. The Hall–Kier alpha value is -1.49. The molecular weight excluding hydrogens is 168 g/mol. The minimum Gasteiger partial charge on any atom is -0.322 e. The highest BCUT2D eigenvalue weighted by atomic mass is 16.2. The van der Waals surface area contributed by atoms with E-state index in [0.717, 1.165) is 12.8 Å². The fourth-order valence-electron chi connectivity index (χ4n) is 0.981. The van der Waals surface area contributed by atoms with Gasteiger partial charge in [-0.3, -0.25) is 4.79 Å². The minimum atomic E-state index is -0.643. The lowest BCUT2D eigenvalue weighted by molar-refractivity contribution is -0.118. The summed E-state index contributed by atoms with van der Waals surface area (Å²) >= 11 is 0. The summed E-state index contributed by atoms with van der Waals surface area (Å²) in [7, 11) is 0. The van der Waals surface area contributed by atoms with Crippen LogP contribution in [0.3, 0.4) is 0 Å². The van der Waals surface area contributed by atoms with Gasteiger partial charge in [-0.15, -0.1) is 0 Å². The van der Waals surface area contributed by atoms with Gasteiger partial charge in [-0.2, -0.15) is 0 Å². The first kappa shape index (κ1) is 8.12. The molecule has 5 nitrogen and oxygen atoms in total. The van der Waals surface area contributed by atoms with E-state index >= 15 is 0 Å². The Labute approximate surface area is 75.4 Å². The summed E-state index contributed by atoms with van der Waals surface area (Å²) in [5.74, 6) is -0.151. The number of nitrogens with one attached hydrogen (secondary N) is 1. The second-order valence-electron chi connectivity index (χ2n) is 3.24. The van der Waals surface area contributed by atoms with Gasteiger partial charge >= 0.3 is 0 Å². The molecule has 1 aromatic rings. The smallest absolute Gasteiger partial charge is 0.244 e. The van der Waals surface area contributed by atoms with Crippen LogP contribution in [0.15, 0.2) is 18.7 Å². The summed E-state index contributed by atoms with van der Waals surface area (Å²) in [5.41, 5.74) is 5.63. The molecule has 0 atom stereocenters. The fourth-order valence-corrected chi connectivity index (χ4v) is 0.981. The molecule has 0 radical (unpaired) electrons. The molecule has 0 bridgehead atoms. The van der Waals surface area contributed by atoms with Gasteiger partial charge in [0.15, 0.2) is 0 Å². The maximum atomic E-state index is 11.4. The molecule has 5 heteroatoms. The summed E-state index contributed by atoms with van der Waals surface area (Å²) in [5, 5.41) is 2.66. The molecule has 3 N–H and O–H groups in total. The molecule has 1 aliphatic carbocycles. The minimum absolute atomic E-state index is 0.151. The number of rotatable bonds is 2. The number of aromatic nitrogens is 2. The van der Waals surface area contributed by atoms with Crippen LogP contribution in [0.1, 0.15) is 12.8 Å². The predicted molar refractivity (Wildman–Crippen MR) is 46.8 cm³/mol. The average Bonchev–Trinajstić information content (AvgIpc) is 2.87. The summed E-state index contributed by atoms with van der Waals surface area (Å²) in [6.45, 7) is 0. The molecule has 1 amide bonds. The zero-order valence-corrected chi connectivity index (χ0v) is 7.03. The van der Waals surface area contributed by atoms with E-state index in [1.54, 1.807) is 0 Å². The first-order chi connectivity index (χ1) is 6.21. The Kier molecular flexibility index (Phi) is 1.73. The van der Waals surface area contributed by atoms with Crippen molar-refractivity contribution in [2.75, 3.05) is 5.32 Å². The number of carbonyl (C=O) groups is 1.